The second-order valence-corrected chi connectivity index (χ2v) is 3.58. The molecule has 1 amide bonds. The van der Waals surface area contributed by atoms with Gasteiger partial charge < -0.3 is 5.32 Å². The Morgan fingerprint density at radius 2 is 2.33 bits per heavy atom. The van der Waals surface area contributed by atoms with E-state index in [1.165, 1.54) is 0 Å². The summed E-state index contributed by atoms with van der Waals surface area (Å²) in [6.07, 6.45) is 0.930. The number of nitrogens with zero attached hydrogens (tertiary/aromatic N) is 1. The lowest BCUT2D eigenvalue weighted by atomic mass is 10.2. The van der Waals surface area contributed by atoms with Crippen LogP contribution in [0.15, 0.2) is 23.9 Å². The molecular weight excluding hydrogens is 242 g/mol. The summed E-state index contributed by atoms with van der Waals surface area (Å²) >= 11 is 11.1. The SMILES string of the molecule is C=C(Cl)CNC(=O)c1cc(F)cnc1Cl. The first kappa shape index (κ1) is 11.9. The third-order valence-electron chi connectivity index (χ3n) is 1.49. The number of hydrogen-bond donors (Lipinski definition) is 1. The zero-order valence-corrected chi connectivity index (χ0v) is 9.07. The summed E-state index contributed by atoms with van der Waals surface area (Å²) in [6.45, 7) is 3.48. The van der Waals surface area contributed by atoms with Gasteiger partial charge in [0.1, 0.15) is 11.0 Å². The van der Waals surface area contributed by atoms with Crippen LogP contribution in [0.3, 0.4) is 0 Å². The Hall–Kier alpha value is -1.13. The standard InChI is InChI=1S/C9H7Cl2FN2O/c1-5(10)3-14-9(15)7-2-6(12)4-13-8(7)11/h2,4H,1,3H2,(H,14,15). The van der Waals surface area contributed by atoms with Crippen LogP contribution in [0, 0.1) is 5.82 Å². The molecule has 1 N–H and O–H groups in total. The number of carbonyl (C=O) groups excluding carboxylic acids is 1. The van der Waals surface area contributed by atoms with Crippen molar-refractivity contribution in [2.24, 2.45) is 0 Å². The summed E-state index contributed by atoms with van der Waals surface area (Å²) in [4.78, 5) is 14.9. The number of pyridine rings is 1. The summed E-state index contributed by atoms with van der Waals surface area (Å²) in [6, 6.07) is 1.00. The average molecular weight is 249 g/mol. The molecule has 80 valence electrons. The van der Waals surface area contributed by atoms with Crippen LogP contribution < -0.4 is 5.32 Å². The predicted molar refractivity (Wildman–Crippen MR) is 56.5 cm³/mol. The van der Waals surface area contributed by atoms with Crippen LogP contribution in [0.4, 0.5) is 4.39 Å². The molecule has 0 radical (unpaired) electrons. The Morgan fingerprint density at radius 1 is 1.67 bits per heavy atom. The Kier molecular flexibility index (Phi) is 4.05. The molecule has 0 bridgehead atoms. The van der Waals surface area contributed by atoms with Gasteiger partial charge in [0.15, 0.2) is 0 Å². The van der Waals surface area contributed by atoms with Gasteiger partial charge in [-0.1, -0.05) is 29.8 Å². The highest BCUT2D eigenvalue weighted by Crippen LogP contribution is 2.13. The summed E-state index contributed by atoms with van der Waals surface area (Å²) in [5.41, 5.74) is -0.0328. The molecule has 0 atom stereocenters. The monoisotopic (exact) mass is 248 g/mol. The van der Waals surface area contributed by atoms with Gasteiger partial charge in [-0.15, -0.1) is 0 Å². The fourth-order valence-electron chi connectivity index (χ4n) is 0.853. The summed E-state index contributed by atoms with van der Waals surface area (Å²) in [5.74, 6) is -1.18. The second kappa shape index (κ2) is 5.09. The molecule has 6 heteroatoms. The second-order valence-electron chi connectivity index (χ2n) is 2.69. The first-order valence-corrected chi connectivity index (χ1v) is 4.69. The molecule has 15 heavy (non-hydrogen) atoms. The van der Waals surface area contributed by atoms with Crippen LogP contribution >= 0.6 is 23.2 Å². The maximum absolute atomic E-state index is 12.8. The van der Waals surface area contributed by atoms with Gasteiger partial charge in [-0.3, -0.25) is 4.79 Å². The molecule has 1 aromatic rings. The van der Waals surface area contributed by atoms with E-state index in [1.807, 2.05) is 0 Å². The van der Waals surface area contributed by atoms with Crippen LogP contribution in [0.2, 0.25) is 5.15 Å². The molecule has 0 spiro atoms. The molecule has 0 aromatic carbocycles. The van der Waals surface area contributed by atoms with E-state index >= 15 is 0 Å². The Morgan fingerprint density at radius 3 is 2.93 bits per heavy atom. The van der Waals surface area contributed by atoms with E-state index in [0.29, 0.717) is 0 Å². The van der Waals surface area contributed by atoms with E-state index in [-0.39, 0.29) is 22.3 Å². The largest absolute Gasteiger partial charge is 0.347 e. The number of rotatable bonds is 3. The molecule has 0 aliphatic carbocycles. The fraction of sp³-hybridized carbons (Fsp3) is 0.111. The van der Waals surface area contributed by atoms with Gasteiger partial charge in [0.25, 0.3) is 5.91 Å². The van der Waals surface area contributed by atoms with Gasteiger partial charge in [0.05, 0.1) is 18.3 Å². The summed E-state index contributed by atoms with van der Waals surface area (Å²) in [5, 5.41) is 2.61. The molecule has 3 nitrogen and oxygen atoms in total. The van der Waals surface area contributed by atoms with Crippen molar-refractivity contribution in [2.75, 3.05) is 6.54 Å². The normalized spacial score (nSPS) is 9.80. The van der Waals surface area contributed by atoms with E-state index in [2.05, 4.69) is 16.9 Å². The summed E-state index contributed by atoms with van der Waals surface area (Å²) < 4.78 is 12.8. The number of nitrogens with one attached hydrogen (secondary N) is 1. The number of hydrogen-bond acceptors (Lipinski definition) is 2. The van der Waals surface area contributed by atoms with Gasteiger partial charge in [0.2, 0.25) is 0 Å². The van der Waals surface area contributed by atoms with E-state index < -0.39 is 11.7 Å². The molecule has 0 unspecified atom stereocenters. The lowest BCUT2D eigenvalue weighted by Gasteiger charge is -2.04. The molecule has 0 saturated carbocycles. The number of amides is 1. The lowest BCUT2D eigenvalue weighted by Crippen LogP contribution is -2.25. The Balaban J connectivity index is 2.81. The minimum atomic E-state index is -0.630. The quantitative estimate of drug-likeness (QED) is 0.835. The van der Waals surface area contributed by atoms with Crippen LogP contribution in [-0.2, 0) is 0 Å². The van der Waals surface area contributed by atoms with Gasteiger partial charge >= 0.3 is 0 Å². The van der Waals surface area contributed by atoms with E-state index in [4.69, 9.17) is 23.2 Å². The molecule has 1 heterocycles. The van der Waals surface area contributed by atoms with Crippen molar-refractivity contribution < 1.29 is 9.18 Å². The van der Waals surface area contributed by atoms with E-state index in [0.717, 1.165) is 12.3 Å². The van der Waals surface area contributed by atoms with Crippen LogP contribution in [0.1, 0.15) is 10.4 Å². The number of halogens is 3. The van der Waals surface area contributed by atoms with Gasteiger partial charge in [-0.05, 0) is 6.07 Å². The zero-order valence-electron chi connectivity index (χ0n) is 7.56. The highest BCUT2D eigenvalue weighted by molar-refractivity contribution is 6.32. The van der Waals surface area contributed by atoms with Crippen molar-refractivity contribution >= 4 is 29.1 Å². The first-order chi connectivity index (χ1) is 7.00. The highest BCUT2D eigenvalue weighted by atomic mass is 35.5. The molecule has 0 aliphatic rings. The molecule has 1 rings (SSSR count). The maximum Gasteiger partial charge on any atom is 0.254 e. The van der Waals surface area contributed by atoms with Crippen molar-refractivity contribution in [3.05, 3.63) is 40.4 Å². The Bertz CT molecular complexity index is 409. The molecule has 1 aromatic heterocycles. The van der Waals surface area contributed by atoms with Crippen molar-refractivity contribution in [1.82, 2.24) is 10.3 Å². The molecular formula is C9H7Cl2FN2O. The Labute approximate surface area is 95.9 Å². The summed E-state index contributed by atoms with van der Waals surface area (Å²) in [7, 11) is 0. The van der Waals surface area contributed by atoms with Crippen molar-refractivity contribution in [3.8, 4) is 0 Å². The smallest absolute Gasteiger partial charge is 0.254 e. The minimum Gasteiger partial charge on any atom is -0.347 e. The molecule has 0 saturated heterocycles. The maximum atomic E-state index is 12.8. The van der Waals surface area contributed by atoms with Crippen LogP contribution in [0.25, 0.3) is 0 Å². The lowest BCUT2D eigenvalue weighted by molar-refractivity contribution is 0.0957. The zero-order chi connectivity index (χ0) is 11.4. The molecule has 0 aliphatic heterocycles. The van der Waals surface area contributed by atoms with E-state index in [1.54, 1.807) is 0 Å². The highest BCUT2D eigenvalue weighted by Gasteiger charge is 2.12. The van der Waals surface area contributed by atoms with Crippen molar-refractivity contribution in [2.45, 2.75) is 0 Å². The van der Waals surface area contributed by atoms with Crippen LogP contribution in [0.5, 0.6) is 0 Å². The predicted octanol–water partition coefficient (Wildman–Crippen LogP) is 2.36. The first-order valence-electron chi connectivity index (χ1n) is 3.93. The molecule has 0 fully saturated rings. The average Bonchev–Trinajstić information content (AvgIpc) is 2.18. The third kappa shape index (κ3) is 3.49. The van der Waals surface area contributed by atoms with Gasteiger partial charge in [-0.2, -0.15) is 0 Å². The van der Waals surface area contributed by atoms with Crippen molar-refractivity contribution in [1.29, 1.82) is 0 Å². The third-order valence-corrected chi connectivity index (χ3v) is 1.93. The topological polar surface area (TPSA) is 42.0 Å². The van der Waals surface area contributed by atoms with Gasteiger partial charge in [-0.25, -0.2) is 9.37 Å². The van der Waals surface area contributed by atoms with Crippen molar-refractivity contribution in [3.63, 3.8) is 0 Å². The fourth-order valence-corrected chi connectivity index (χ4v) is 1.11. The van der Waals surface area contributed by atoms with Gasteiger partial charge in [0, 0.05) is 5.03 Å². The van der Waals surface area contributed by atoms with E-state index in [9.17, 15) is 9.18 Å². The number of aromatic nitrogens is 1. The number of carbonyl (C=O) groups is 1. The van der Waals surface area contributed by atoms with Crippen LogP contribution in [-0.4, -0.2) is 17.4 Å². The minimum absolute atomic E-state index is 0.0328.